The van der Waals surface area contributed by atoms with Crippen LogP contribution in [0.1, 0.15) is 29.3 Å². The lowest BCUT2D eigenvalue weighted by molar-refractivity contribution is -0.121. The minimum Gasteiger partial charge on any atom is -0.354 e. The molecule has 2 aromatic rings. The molecule has 29 heavy (non-hydrogen) atoms. The van der Waals surface area contributed by atoms with Crippen LogP contribution in [0.4, 0.5) is 5.82 Å². The zero-order valence-corrected chi connectivity index (χ0v) is 17.1. The van der Waals surface area contributed by atoms with E-state index in [1.807, 2.05) is 43.5 Å². The molecule has 1 aromatic heterocycles. The summed E-state index contributed by atoms with van der Waals surface area (Å²) in [7, 11) is 2.13. The number of aromatic nitrogens is 1. The normalized spacial score (nSPS) is 15.6. The fourth-order valence-electron chi connectivity index (χ4n) is 3.24. The molecule has 0 saturated carbocycles. The molecule has 1 aliphatic rings. The number of hydrogen-bond donors (Lipinski definition) is 2. The summed E-state index contributed by atoms with van der Waals surface area (Å²) in [6.45, 7) is 6.29. The average Bonchev–Trinajstić information content (AvgIpc) is 2.74. The molecule has 1 atom stereocenters. The highest BCUT2D eigenvalue weighted by atomic mass is 16.2. The summed E-state index contributed by atoms with van der Waals surface area (Å²) in [6, 6.07) is 12.8. The van der Waals surface area contributed by atoms with E-state index in [0.717, 1.165) is 37.6 Å². The van der Waals surface area contributed by atoms with E-state index in [1.165, 1.54) is 0 Å². The van der Waals surface area contributed by atoms with Crippen LogP contribution in [0, 0.1) is 0 Å². The third kappa shape index (κ3) is 6.29. The first-order valence-corrected chi connectivity index (χ1v) is 10.0. The number of benzene rings is 1. The first kappa shape index (κ1) is 20.8. The van der Waals surface area contributed by atoms with Crippen LogP contribution in [0.5, 0.6) is 0 Å². The topological polar surface area (TPSA) is 77.6 Å². The Morgan fingerprint density at radius 3 is 2.45 bits per heavy atom. The van der Waals surface area contributed by atoms with E-state index in [-0.39, 0.29) is 24.3 Å². The van der Waals surface area contributed by atoms with Crippen molar-refractivity contribution in [2.24, 2.45) is 0 Å². The van der Waals surface area contributed by atoms with Crippen molar-refractivity contribution in [1.29, 1.82) is 0 Å². The Hall–Kier alpha value is -2.93. The van der Waals surface area contributed by atoms with Gasteiger partial charge >= 0.3 is 0 Å². The maximum Gasteiger partial charge on any atom is 0.251 e. The number of amides is 2. The number of nitrogens with one attached hydrogen (secondary N) is 2. The lowest BCUT2D eigenvalue weighted by Crippen LogP contribution is -2.44. The van der Waals surface area contributed by atoms with Gasteiger partial charge in [-0.1, -0.05) is 24.3 Å². The first-order valence-electron chi connectivity index (χ1n) is 10.0. The number of piperazine rings is 1. The average molecular weight is 396 g/mol. The van der Waals surface area contributed by atoms with Crippen molar-refractivity contribution in [3.05, 3.63) is 59.8 Å². The second-order valence-corrected chi connectivity index (χ2v) is 7.54. The summed E-state index contributed by atoms with van der Waals surface area (Å²) in [5.74, 6) is 0.703. The third-order valence-electron chi connectivity index (χ3n) is 5.03. The van der Waals surface area contributed by atoms with Gasteiger partial charge in [-0.3, -0.25) is 9.59 Å². The molecular formula is C22H29N5O2. The molecule has 7 heteroatoms. The Balaban J connectivity index is 1.41. The molecule has 1 unspecified atom stereocenters. The van der Waals surface area contributed by atoms with Gasteiger partial charge in [-0.2, -0.15) is 0 Å². The molecule has 1 saturated heterocycles. The summed E-state index contributed by atoms with van der Waals surface area (Å²) in [4.78, 5) is 33.5. The molecule has 0 spiro atoms. The van der Waals surface area contributed by atoms with Gasteiger partial charge in [-0.05, 0) is 37.7 Å². The van der Waals surface area contributed by atoms with E-state index in [0.29, 0.717) is 12.1 Å². The molecule has 7 nitrogen and oxygen atoms in total. The summed E-state index contributed by atoms with van der Waals surface area (Å²) in [5, 5.41) is 5.75. The van der Waals surface area contributed by atoms with E-state index in [9.17, 15) is 9.59 Å². The molecule has 3 rings (SSSR count). The monoisotopic (exact) mass is 395 g/mol. The largest absolute Gasteiger partial charge is 0.354 e. The first-order chi connectivity index (χ1) is 14.0. The molecule has 0 bridgehead atoms. The van der Waals surface area contributed by atoms with Gasteiger partial charge in [-0.15, -0.1) is 0 Å². The molecule has 2 N–H and O–H groups in total. The molecule has 1 fully saturated rings. The van der Waals surface area contributed by atoms with Crippen LogP contribution in [-0.2, 0) is 11.3 Å². The zero-order valence-electron chi connectivity index (χ0n) is 17.1. The van der Waals surface area contributed by atoms with Crippen LogP contribution in [0.2, 0.25) is 0 Å². The highest BCUT2D eigenvalue weighted by molar-refractivity contribution is 5.94. The van der Waals surface area contributed by atoms with Crippen molar-refractivity contribution in [3.8, 4) is 0 Å². The minimum atomic E-state index is -0.250. The Morgan fingerprint density at radius 1 is 1.07 bits per heavy atom. The fraction of sp³-hybridized carbons (Fsp3) is 0.409. The third-order valence-corrected chi connectivity index (χ3v) is 5.03. The van der Waals surface area contributed by atoms with Crippen LogP contribution in [-0.4, -0.2) is 61.0 Å². The van der Waals surface area contributed by atoms with Gasteiger partial charge in [0.2, 0.25) is 5.91 Å². The molecule has 1 aliphatic heterocycles. The lowest BCUT2D eigenvalue weighted by Gasteiger charge is -2.33. The van der Waals surface area contributed by atoms with Crippen LogP contribution < -0.4 is 15.5 Å². The van der Waals surface area contributed by atoms with E-state index in [1.54, 1.807) is 12.1 Å². The van der Waals surface area contributed by atoms with E-state index < -0.39 is 0 Å². The van der Waals surface area contributed by atoms with E-state index in [2.05, 4.69) is 32.5 Å². The Labute approximate surface area is 172 Å². The van der Waals surface area contributed by atoms with Crippen LogP contribution in [0.15, 0.2) is 48.7 Å². The van der Waals surface area contributed by atoms with Gasteiger partial charge in [0.05, 0.1) is 0 Å². The fourth-order valence-corrected chi connectivity index (χ4v) is 3.24. The predicted octanol–water partition coefficient (Wildman–Crippen LogP) is 1.66. The highest BCUT2D eigenvalue weighted by Crippen LogP contribution is 2.13. The second kappa shape index (κ2) is 10.0. The van der Waals surface area contributed by atoms with Gasteiger partial charge in [0.1, 0.15) is 5.82 Å². The van der Waals surface area contributed by atoms with Gasteiger partial charge in [-0.25, -0.2) is 4.98 Å². The molecule has 154 valence electrons. The Kier molecular flexibility index (Phi) is 7.19. The second-order valence-electron chi connectivity index (χ2n) is 7.54. The summed E-state index contributed by atoms with van der Waals surface area (Å²) < 4.78 is 0. The van der Waals surface area contributed by atoms with Gasteiger partial charge in [0.25, 0.3) is 5.91 Å². The Morgan fingerprint density at radius 2 is 1.79 bits per heavy atom. The van der Waals surface area contributed by atoms with E-state index in [4.69, 9.17) is 0 Å². The minimum absolute atomic E-state index is 0.103. The number of carbonyl (C=O) groups excluding carboxylic acids is 2. The predicted molar refractivity (Wildman–Crippen MR) is 114 cm³/mol. The van der Waals surface area contributed by atoms with Crippen molar-refractivity contribution in [1.82, 2.24) is 20.5 Å². The van der Waals surface area contributed by atoms with Crippen molar-refractivity contribution in [2.75, 3.05) is 38.1 Å². The molecular weight excluding hydrogens is 366 g/mol. The van der Waals surface area contributed by atoms with Gasteiger partial charge in [0.15, 0.2) is 0 Å². The Bertz CT molecular complexity index is 802. The molecule has 2 amide bonds. The van der Waals surface area contributed by atoms with Crippen LogP contribution in [0.3, 0.4) is 0 Å². The summed E-state index contributed by atoms with van der Waals surface area (Å²) in [6.07, 6.45) is 2.04. The molecule has 2 heterocycles. The molecule has 0 aliphatic carbocycles. The van der Waals surface area contributed by atoms with Crippen molar-refractivity contribution in [2.45, 2.75) is 25.9 Å². The number of hydrogen-bond acceptors (Lipinski definition) is 5. The number of rotatable bonds is 7. The standard InChI is InChI=1S/C22H29N5O2/c1-17(25-22(29)19-6-4-3-5-7-19)14-21(28)24-16-18-8-9-20(23-15-18)27-12-10-26(2)11-13-27/h3-9,15,17H,10-14,16H2,1-2H3,(H,24,28)(H,25,29). The number of carbonyl (C=O) groups is 2. The number of likely N-dealkylation sites (N-methyl/N-ethyl adjacent to an activating group) is 1. The highest BCUT2D eigenvalue weighted by Gasteiger charge is 2.15. The number of anilines is 1. The van der Waals surface area contributed by atoms with Gasteiger partial charge in [0, 0.05) is 56.9 Å². The number of pyridine rings is 1. The maximum atomic E-state index is 12.2. The summed E-state index contributed by atoms with van der Waals surface area (Å²) in [5.41, 5.74) is 1.54. The summed E-state index contributed by atoms with van der Waals surface area (Å²) >= 11 is 0. The maximum absolute atomic E-state index is 12.2. The smallest absolute Gasteiger partial charge is 0.251 e. The quantitative estimate of drug-likeness (QED) is 0.746. The van der Waals surface area contributed by atoms with Crippen molar-refractivity contribution < 1.29 is 9.59 Å². The molecule has 1 aromatic carbocycles. The molecule has 0 radical (unpaired) electrons. The van der Waals surface area contributed by atoms with Crippen LogP contribution >= 0.6 is 0 Å². The SMILES string of the molecule is CC(CC(=O)NCc1ccc(N2CCN(C)CC2)nc1)NC(=O)c1ccccc1. The van der Waals surface area contributed by atoms with Crippen molar-refractivity contribution >= 4 is 17.6 Å². The van der Waals surface area contributed by atoms with Crippen molar-refractivity contribution in [3.63, 3.8) is 0 Å². The number of nitrogens with zero attached hydrogens (tertiary/aromatic N) is 3. The van der Waals surface area contributed by atoms with Gasteiger partial charge < -0.3 is 20.4 Å². The lowest BCUT2D eigenvalue weighted by atomic mass is 10.1. The van der Waals surface area contributed by atoms with Crippen LogP contribution in [0.25, 0.3) is 0 Å². The zero-order chi connectivity index (χ0) is 20.6. The van der Waals surface area contributed by atoms with E-state index >= 15 is 0 Å².